The second-order valence-electron chi connectivity index (χ2n) is 3.63. The van der Waals surface area contributed by atoms with E-state index in [1.54, 1.807) is 6.08 Å². The van der Waals surface area contributed by atoms with Crippen LogP contribution in [0.15, 0.2) is 36.6 Å². The molecule has 1 N–H and O–H groups in total. The zero-order valence-electron chi connectivity index (χ0n) is 9.29. The van der Waals surface area contributed by atoms with Gasteiger partial charge in [0.05, 0.1) is 0 Å². The normalized spacial score (nSPS) is 13.3. The Kier molecular flexibility index (Phi) is 5.97. The molecule has 0 rings (SSSR count). The second-order valence-corrected chi connectivity index (χ2v) is 3.63. The van der Waals surface area contributed by atoms with Crippen LogP contribution in [0.2, 0.25) is 0 Å². The first-order valence-electron chi connectivity index (χ1n) is 4.81. The molecule has 14 heavy (non-hydrogen) atoms. The molecule has 0 aliphatic rings. The van der Waals surface area contributed by atoms with Gasteiger partial charge in [-0.2, -0.15) is 0 Å². The Bertz CT molecular complexity index is 224. The summed E-state index contributed by atoms with van der Waals surface area (Å²) in [5.74, 6) is 0.724. The van der Waals surface area contributed by atoms with E-state index >= 15 is 0 Å². The van der Waals surface area contributed by atoms with Crippen LogP contribution in [0.4, 0.5) is 0 Å². The summed E-state index contributed by atoms with van der Waals surface area (Å²) in [5, 5.41) is 8.82. The summed E-state index contributed by atoms with van der Waals surface area (Å²) in [6, 6.07) is 0. The van der Waals surface area contributed by atoms with Gasteiger partial charge < -0.3 is 9.84 Å². The van der Waals surface area contributed by atoms with E-state index < -0.39 is 0 Å². The Hall–Kier alpha value is -1.02. The molecule has 0 saturated carbocycles. The minimum Gasteiger partial charge on any atom is -0.488 e. The Morgan fingerprint density at radius 3 is 2.57 bits per heavy atom. The van der Waals surface area contributed by atoms with Crippen LogP contribution in [0.5, 0.6) is 0 Å². The molecule has 0 radical (unpaired) electrons. The van der Waals surface area contributed by atoms with Gasteiger partial charge >= 0.3 is 0 Å². The van der Waals surface area contributed by atoms with Gasteiger partial charge in [-0.05, 0) is 32.9 Å². The van der Waals surface area contributed by atoms with Crippen LogP contribution in [0.25, 0.3) is 0 Å². The van der Waals surface area contributed by atoms with Crippen molar-refractivity contribution in [1.29, 1.82) is 0 Å². The van der Waals surface area contributed by atoms with Crippen molar-refractivity contribution >= 4 is 0 Å². The fraction of sp³-hybridized carbons (Fsp3) is 0.500. The Morgan fingerprint density at radius 1 is 1.50 bits per heavy atom. The summed E-state index contributed by atoms with van der Waals surface area (Å²) in [5.41, 5.74) is -0.351. The van der Waals surface area contributed by atoms with Crippen molar-refractivity contribution in [3.8, 4) is 0 Å². The molecule has 0 heterocycles. The largest absolute Gasteiger partial charge is 0.488 e. The van der Waals surface area contributed by atoms with Crippen LogP contribution in [0.1, 0.15) is 27.2 Å². The van der Waals surface area contributed by atoms with Gasteiger partial charge in [-0.15, -0.1) is 0 Å². The lowest BCUT2D eigenvalue weighted by molar-refractivity contribution is 0.0201. The lowest BCUT2D eigenvalue weighted by Gasteiger charge is -2.26. The van der Waals surface area contributed by atoms with Gasteiger partial charge in [0.1, 0.15) is 11.4 Å². The molecular formula is C12H20O2. The average molecular weight is 196 g/mol. The van der Waals surface area contributed by atoms with Crippen LogP contribution in [0, 0.1) is 0 Å². The van der Waals surface area contributed by atoms with Crippen molar-refractivity contribution in [3.63, 3.8) is 0 Å². The first-order valence-corrected chi connectivity index (χ1v) is 4.81. The minimum atomic E-state index is -0.351. The quantitative estimate of drug-likeness (QED) is 0.523. The highest BCUT2D eigenvalue weighted by Crippen LogP contribution is 2.18. The topological polar surface area (TPSA) is 29.5 Å². The maximum atomic E-state index is 8.82. The maximum absolute atomic E-state index is 8.82. The first kappa shape index (κ1) is 13.0. The third kappa shape index (κ3) is 5.60. The zero-order chi connectivity index (χ0) is 11.0. The molecule has 0 bridgehead atoms. The summed E-state index contributed by atoms with van der Waals surface area (Å²) in [4.78, 5) is 0. The molecule has 2 nitrogen and oxygen atoms in total. The molecule has 0 aliphatic heterocycles. The van der Waals surface area contributed by atoms with Gasteiger partial charge in [0.15, 0.2) is 0 Å². The third-order valence-corrected chi connectivity index (χ3v) is 1.76. The number of aliphatic hydroxyl groups excluding tert-OH is 1. The predicted molar refractivity (Wildman–Crippen MR) is 60.0 cm³/mol. The number of aliphatic hydroxyl groups is 1. The minimum absolute atomic E-state index is 0.126. The standard InChI is InChI=1S/C12H20O2/c1-5-7-8-11(6-2)14-12(3,4)9-10-13/h5-8,13H,2,9-10H2,1,3-4H3/b7-5-,11-8+. The van der Waals surface area contributed by atoms with Crippen LogP contribution in [-0.4, -0.2) is 17.3 Å². The SMILES string of the molecule is C=C/C(=C\C=C/C)OC(C)(C)CCO. The molecule has 2 heteroatoms. The van der Waals surface area contributed by atoms with Gasteiger partial charge in [0.25, 0.3) is 0 Å². The zero-order valence-corrected chi connectivity index (χ0v) is 9.29. The van der Waals surface area contributed by atoms with E-state index in [-0.39, 0.29) is 12.2 Å². The molecule has 0 aromatic heterocycles. The summed E-state index contributed by atoms with van der Waals surface area (Å²) >= 11 is 0. The van der Waals surface area contributed by atoms with Gasteiger partial charge in [0, 0.05) is 13.0 Å². The van der Waals surface area contributed by atoms with Crippen LogP contribution < -0.4 is 0 Å². The van der Waals surface area contributed by atoms with Crippen molar-refractivity contribution in [2.24, 2.45) is 0 Å². The summed E-state index contributed by atoms with van der Waals surface area (Å²) < 4.78 is 5.66. The van der Waals surface area contributed by atoms with E-state index in [2.05, 4.69) is 6.58 Å². The fourth-order valence-electron chi connectivity index (χ4n) is 0.974. The molecule has 0 aliphatic carbocycles. The highest BCUT2D eigenvalue weighted by atomic mass is 16.5. The third-order valence-electron chi connectivity index (χ3n) is 1.76. The van der Waals surface area contributed by atoms with Crippen LogP contribution in [0.3, 0.4) is 0 Å². The maximum Gasteiger partial charge on any atom is 0.119 e. The Labute approximate surface area is 86.6 Å². The van der Waals surface area contributed by atoms with Gasteiger partial charge in [-0.1, -0.05) is 18.7 Å². The average Bonchev–Trinajstić information content (AvgIpc) is 2.12. The van der Waals surface area contributed by atoms with Crippen LogP contribution in [-0.2, 0) is 4.74 Å². The highest BCUT2D eigenvalue weighted by molar-refractivity contribution is 5.16. The summed E-state index contributed by atoms with van der Waals surface area (Å²) in [7, 11) is 0. The van der Waals surface area contributed by atoms with E-state index in [0.29, 0.717) is 6.42 Å². The molecule has 0 saturated heterocycles. The van der Waals surface area contributed by atoms with Crippen molar-refractivity contribution in [1.82, 2.24) is 0 Å². The fourth-order valence-corrected chi connectivity index (χ4v) is 0.974. The molecule has 0 atom stereocenters. The smallest absolute Gasteiger partial charge is 0.119 e. The predicted octanol–water partition coefficient (Wildman–Crippen LogP) is 2.81. The lowest BCUT2D eigenvalue weighted by atomic mass is 10.1. The van der Waals surface area contributed by atoms with Crippen LogP contribution >= 0.6 is 0 Å². The Balaban J connectivity index is 4.37. The molecule has 0 amide bonds. The molecule has 0 fully saturated rings. The number of hydrogen-bond donors (Lipinski definition) is 1. The summed E-state index contributed by atoms with van der Waals surface area (Å²) in [6.45, 7) is 9.62. The van der Waals surface area contributed by atoms with Gasteiger partial charge in [-0.3, -0.25) is 0 Å². The number of ether oxygens (including phenoxy) is 1. The molecule has 0 spiro atoms. The van der Waals surface area contributed by atoms with Crippen molar-refractivity contribution in [3.05, 3.63) is 36.6 Å². The van der Waals surface area contributed by atoms with Gasteiger partial charge in [-0.25, -0.2) is 0 Å². The van der Waals surface area contributed by atoms with E-state index in [9.17, 15) is 0 Å². The van der Waals surface area contributed by atoms with E-state index in [0.717, 1.165) is 5.76 Å². The summed E-state index contributed by atoms with van der Waals surface area (Å²) in [6.07, 6.45) is 7.94. The van der Waals surface area contributed by atoms with Crippen molar-refractivity contribution < 1.29 is 9.84 Å². The number of hydrogen-bond acceptors (Lipinski definition) is 2. The molecular weight excluding hydrogens is 176 g/mol. The molecule has 80 valence electrons. The van der Waals surface area contributed by atoms with E-state index in [1.165, 1.54) is 0 Å². The number of allylic oxidation sites excluding steroid dienone is 4. The number of rotatable bonds is 6. The van der Waals surface area contributed by atoms with E-state index in [4.69, 9.17) is 9.84 Å². The second kappa shape index (κ2) is 6.44. The molecule has 0 aromatic carbocycles. The first-order chi connectivity index (χ1) is 6.55. The van der Waals surface area contributed by atoms with E-state index in [1.807, 2.05) is 39.0 Å². The monoisotopic (exact) mass is 196 g/mol. The van der Waals surface area contributed by atoms with Crippen molar-refractivity contribution in [2.45, 2.75) is 32.8 Å². The molecule has 0 aromatic rings. The van der Waals surface area contributed by atoms with Gasteiger partial charge in [0.2, 0.25) is 0 Å². The lowest BCUT2D eigenvalue weighted by Crippen LogP contribution is -2.25. The molecule has 0 unspecified atom stereocenters. The van der Waals surface area contributed by atoms with Crippen molar-refractivity contribution in [2.75, 3.05) is 6.61 Å². The Morgan fingerprint density at radius 2 is 2.14 bits per heavy atom. The highest BCUT2D eigenvalue weighted by Gasteiger charge is 2.18.